The largest absolute Gasteiger partial charge is 0.379 e. The quantitative estimate of drug-likeness (QED) is 0.306. The van der Waals surface area contributed by atoms with Crippen LogP contribution in [0.3, 0.4) is 0 Å². The number of aryl methyl sites for hydroxylation is 1. The molecular weight excluding hydrogens is 560 g/mol. The van der Waals surface area contributed by atoms with Gasteiger partial charge < -0.3 is 24.8 Å². The van der Waals surface area contributed by atoms with E-state index in [1.807, 2.05) is 33.8 Å². The number of carbonyl (C=O) groups is 1. The summed E-state index contributed by atoms with van der Waals surface area (Å²) in [5.41, 5.74) is 3.22. The molecule has 2 fully saturated rings. The Hall–Kier alpha value is -4.20. The van der Waals surface area contributed by atoms with Gasteiger partial charge in [-0.3, -0.25) is 14.6 Å². The van der Waals surface area contributed by atoms with Gasteiger partial charge in [0.1, 0.15) is 23.1 Å². The van der Waals surface area contributed by atoms with Crippen molar-refractivity contribution in [1.29, 1.82) is 0 Å². The number of fused-ring (bicyclic) bond motifs is 1. The van der Waals surface area contributed by atoms with E-state index in [4.69, 9.17) is 14.2 Å². The second-order valence-corrected chi connectivity index (χ2v) is 12.3. The molecule has 0 saturated carbocycles. The highest BCUT2D eigenvalue weighted by Gasteiger charge is 2.23. The first-order chi connectivity index (χ1) is 21.2. The summed E-state index contributed by atoms with van der Waals surface area (Å²) in [5.74, 6) is 1.99. The number of rotatable bonds is 8. The number of hydrogen-bond donors (Lipinski definition) is 2. The predicted molar refractivity (Wildman–Crippen MR) is 169 cm³/mol. The molecule has 44 heavy (non-hydrogen) atoms. The molecule has 0 aliphatic carbocycles. The lowest BCUT2D eigenvalue weighted by Gasteiger charge is -2.36. The van der Waals surface area contributed by atoms with E-state index in [9.17, 15) is 4.79 Å². The monoisotopic (exact) mass is 600 g/mol. The average molecular weight is 601 g/mol. The highest BCUT2D eigenvalue weighted by atomic mass is 16.5. The van der Waals surface area contributed by atoms with Gasteiger partial charge >= 0.3 is 0 Å². The second-order valence-electron chi connectivity index (χ2n) is 12.3. The van der Waals surface area contributed by atoms with E-state index in [1.165, 1.54) is 6.33 Å². The normalized spacial score (nSPS) is 16.8. The first kappa shape index (κ1) is 29.9. The van der Waals surface area contributed by atoms with E-state index in [1.54, 1.807) is 24.4 Å². The number of amides is 1. The van der Waals surface area contributed by atoms with Crippen LogP contribution in [0.2, 0.25) is 0 Å². The van der Waals surface area contributed by atoms with Crippen molar-refractivity contribution in [2.24, 2.45) is 0 Å². The molecule has 0 unspecified atom stereocenters. The zero-order valence-corrected chi connectivity index (χ0v) is 25.8. The number of nitrogens with one attached hydrogen (secondary N) is 2. The van der Waals surface area contributed by atoms with Crippen molar-refractivity contribution in [3.63, 3.8) is 0 Å². The maximum atomic E-state index is 13.1. The van der Waals surface area contributed by atoms with Gasteiger partial charge in [0.05, 0.1) is 19.4 Å². The van der Waals surface area contributed by atoms with Gasteiger partial charge in [0.25, 0.3) is 5.91 Å². The van der Waals surface area contributed by atoms with Crippen molar-refractivity contribution >= 4 is 40.2 Å². The Morgan fingerprint density at radius 3 is 2.43 bits per heavy atom. The Kier molecular flexibility index (Phi) is 8.69. The molecular formula is C31H40N10O3. The van der Waals surface area contributed by atoms with Crippen molar-refractivity contribution in [3.8, 4) is 0 Å². The standard InChI is InChI=1S/C31H40N10O3/c1-21-5-6-22(29(42)36-26-18-25(44-38-26)31(2,3)4)17-23(21)35-28-27-24(33-20-34-28)19-32-30(37-27)41-11-9-39(10-12-41)7-8-40-13-15-43-16-14-40/h5-6,17-20H,7-16H2,1-4H3,(H,33,34,35)(H,36,38,42). The van der Waals surface area contributed by atoms with Crippen molar-refractivity contribution in [1.82, 2.24) is 34.9 Å². The lowest BCUT2D eigenvalue weighted by atomic mass is 9.93. The number of aromatic nitrogens is 5. The molecule has 2 aliphatic rings. The van der Waals surface area contributed by atoms with Gasteiger partial charge in [-0.1, -0.05) is 32.0 Å². The molecule has 0 bridgehead atoms. The summed E-state index contributed by atoms with van der Waals surface area (Å²) in [6, 6.07) is 7.21. The van der Waals surface area contributed by atoms with Crippen LogP contribution in [0.25, 0.3) is 11.0 Å². The van der Waals surface area contributed by atoms with Crippen LogP contribution in [0.4, 0.5) is 23.3 Å². The SMILES string of the molecule is Cc1ccc(C(=O)Nc2cc(C(C)(C)C)on2)cc1Nc1ncnc2cnc(N3CCN(CCN4CCOCC4)CC3)nc12. The van der Waals surface area contributed by atoms with Gasteiger partial charge in [-0.25, -0.2) is 19.9 Å². The van der Waals surface area contributed by atoms with Gasteiger partial charge in [-0.2, -0.15) is 0 Å². The van der Waals surface area contributed by atoms with E-state index in [2.05, 4.69) is 45.4 Å². The number of nitrogens with zero attached hydrogens (tertiary/aromatic N) is 8. The smallest absolute Gasteiger partial charge is 0.256 e. The van der Waals surface area contributed by atoms with Crippen molar-refractivity contribution in [2.45, 2.75) is 33.1 Å². The fraction of sp³-hybridized carbons (Fsp3) is 0.484. The molecule has 1 aromatic carbocycles. The fourth-order valence-corrected chi connectivity index (χ4v) is 5.27. The molecule has 0 radical (unpaired) electrons. The maximum Gasteiger partial charge on any atom is 0.256 e. The van der Waals surface area contributed by atoms with Crippen molar-refractivity contribution in [2.75, 3.05) is 81.1 Å². The van der Waals surface area contributed by atoms with E-state index in [0.717, 1.165) is 76.8 Å². The summed E-state index contributed by atoms with van der Waals surface area (Å²) in [4.78, 5) is 38.7. The number of anilines is 4. The summed E-state index contributed by atoms with van der Waals surface area (Å²) in [7, 11) is 0. The predicted octanol–water partition coefficient (Wildman–Crippen LogP) is 3.46. The van der Waals surface area contributed by atoms with Crippen LogP contribution in [0.15, 0.2) is 41.3 Å². The second kappa shape index (κ2) is 12.8. The Bertz CT molecular complexity index is 1600. The molecule has 6 rings (SSSR count). The molecule has 13 heteroatoms. The molecule has 2 N–H and O–H groups in total. The number of morpholine rings is 1. The molecule has 0 spiro atoms. The summed E-state index contributed by atoms with van der Waals surface area (Å²) < 4.78 is 10.9. The van der Waals surface area contributed by atoms with Crippen LogP contribution in [0.1, 0.15) is 42.5 Å². The van der Waals surface area contributed by atoms with Gasteiger partial charge in [0.15, 0.2) is 11.6 Å². The van der Waals surface area contributed by atoms with E-state index in [0.29, 0.717) is 39.9 Å². The minimum atomic E-state index is -0.289. The zero-order chi connectivity index (χ0) is 30.7. The number of piperazine rings is 1. The van der Waals surface area contributed by atoms with Crippen LogP contribution < -0.4 is 15.5 Å². The third kappa shape index (κ3) is 6.95. The van der Waals surface area contributed by atoms with Crippen LogP contribution in [-0.2, 0) is 10.2 Å². The molecule has 2 saturated heterocycles. The van der Waals surface area contributed by atoms with Crippen molar-refractivity contribution < 1.29 is 14.1 Å². The fourth-order valence-electron chi connectivity index (χ4n) is 5.27. The highest BCUT2D eigenvalue weighted by Crippen LogP contribution is 2.27. The molecule has 232 valence electrons. The molecule has 3 aromatic heterocycles. The van der Waals surface area contributed by atoms with Gasteiger partial charge in [-0.15, -0.1) is 0 Å². The highest BCUT2D eigenvalue weighted by molar-refractivity contribution is 6.04. The zero-order valence-electron chi connectivity index (χ0n) is 25.8. The number of carbonyl (C=O) groups excluding carboxylic acids is 1. The van der Waals surface area contributed by atoms with Gasteiger partial charge in [-0.05, 0) is 24.6 Å². The molecule has 5 heterocycles. The third-order valence-electron chi connectivity index (χ3n) is 8.10. The molecule has 4 aromatic rings. The maximum absolute atomic E-state index is 13.1. The van der Waals surface area contributed by atoms with Crippen molar-refractivity contribution in [3.05, 3.63) is 53.7 Å². The first-order valence-corrected chi connectivity index (χ1v) is 15.1. The minimum Gasteiger partial charge on any atom is -0.379 e. The van der Waals surface area contributed by atoms with E-state index in [-0.39, 0.29) is 11.3 Å². The Morgan fingerprint density at radius 1 is 0.955 bits per heavy atom. The van der Waals surface area contributed by atoms with Crippen LogP contribution in [-0.4, -0.2) is 106 Å². The summed E-state index contributed by atoms with van der Waals surface area (Å²) in [5, 5.41) is 10.2. The van der Waals surface area contributed by atoms with Gasteiger partial charge in [0, 0.05) is 75.1 Å². The third-order valence-corrected chi connectivity index (χ3v) is 8.10. The topological polar surface area (TPSA) is 138 Å². The molecule has 1 amide bonds. The summed E-state index contributed by atoms with van der Waals surface area (Å²) in [6.07, 6.45) is 3.24. The number of ether oxygens (including phenoxy) is 1. The van der Waals surface area contributed by atoms with Crippen LogP contribution >= 0.6 is 0 Å². The summed E-state index contributed by atoms with van der Waals surface area (Å²) in [6.45, 7) is 17.5. The minimum absolute atomic E-state index is 0.210. The molecule has 13 nitrogen and oxygen atoms in total. The average Bonchev–Trinajstić information content (AvgIpc) is 3.51. The Balaban J connectivity index is 1.13. The summed E-state index contributed by atoms with van der Waals surface area (Å²) >= 11 is 0. The Labute approximate surface area is 257 Å². The molecule has 2 aliphatic heterocycles. The number of hydrogen-bond acceptors (Lipinski definition) is 12. The Morgan fingerprint density at radius 2 is 1.70 bits per heavy atom. The first-order valence-electron chi connectivity index (χ1n) is 15.1. The molecule has 0 atom stereocenters. The number of benzene rings is 1. The van der Waals surface area contributed by atoms with Crippen LogP contribution in [0.5, 0.6) is 0 Å². The van der Waals surface area contributed by atoms with Crippen LogP contribution in [0, 0.1) is 6.92 Å². The van der Waals surface area contributed by atoms with E-state index < -0.39 is 0 Å². The lowest BCUT2D eigenvalue weighted by molar-refractivity contribution is 0.0331. The van der Waals surface area contributed by atoms with Gasteiger partial charge in [0.2, 0.25) is 5.95 Å². The lowest BCUT2D eigenvalue weighted by Crippen LogP contribution is -2.49. The van der Waals surface area contributed by atoms with E-state index >= 15 is 0 Å².